The number of carbonyl (C=O) groups excluding carboxylic acids is 1. The number of hydrogen-bond donors (Lipinski definition) is 1. The summed E-state index contributed by atoms with van der Waals surface area (Å²) in [5, 5.41) is 4.24. The van der Waals surface area contributed by atoms with Crippen molar-refractivity contribution in [1.29, 1.82) is 0 Å². The molecule has 0 radical (unpaired) electrons. The van der Waals surface area contributed by atoms with Crippen LogP contribution in [0.5, 0.6) is 0 Å². The minimum Gasteiger partial charge on any atom is -0.465 e. The lowest BCUT2D eigenvalue weighted by Crippen LogP contribution is -2.30. The number of aryl methyl sites for hydroxylation is 1. The third-order valence-electron chi connectivity index (χ3n) is 6.00. The Morgan fingerprint density at radius 2 is 1.94 bits per heavy atom. The van der Waals surface area contributed by atoms with Crippen molar-refractivity contribution in [2.75, 3.05) is 13.7 Å². The Bertz CT molecular complexity index is 1140. The number of pyridine rings is 1. The maximum absolute atomic E-state index is 12.4. The molecule has 0 amide bonds. The minimum atomic E-state index is -0.350. The number of methoxy groups -OCH3 is 1. The van der Waals surface area contributed by atoms with Gasteiger partial charge in [0, 0.05) is 24.1 Å². The standard InChI is InChI=1S/C25H28N4O2S/c1-5-14-28-23(22(27-25(28)32)20-11-8-9-13-26-20)19-15-16(2)29(17(19)3)21-12-7-6-10-18(21)24(30)31-4/h6-13,15,22-23H,5,14H2,1-4H3,(H,27,32)/t22-,23-/m1/s1. The topological polar surface area (TPSA) is 59.4 Å². The minimum absolute atomic E-state index is 0.00240. The number of carbonyl (C=O) groups is 1. The second-order valence-corrected chi connectivity index (χ2v) is 8.38. The van der Waals surface area contributed by atoms with Crippen LogP contribution in [0, 0.1) is 13.8 Å². The number of aromatic nitrogens is 2. The number of esters is 1. The summed E-state index contributed by atoms with van der Waals surface area (Å²) in [4.78, 5) is 19.3. The zero-order valence-electron chi connectivity index (χ0n) is 18.8. The van der Waals surface area contributed by atoms with E-state index in [1.165, 1.54) is 12.7 Å². The number of para-hydroxylation sites is 1. The molecule has 3 heterocycles. The van der Waals surface area contributed by atoms with E-state index in [0.29, 0.717) is 5.56 Å². The summed E-state index contributed by atoms with van der Waals surface area (Å²) in [6.45, 7) is 7.16. The molecule has 3 aromatic rings. The van der Waals surface area contributed by atoms with Crippen molar-refractivity contribution in [3.63, 3.8) is 0 Å². The van der Waals surface area contributed by atoms with Gasteiger partial charge in [0.25, 0.3) is 0 Å². The monoisotopic (exact) mass is 448 g/mol. The molecule has 32 heavy (non-hydrogen) atoms. The Morgan fingerprint density at radius 1 is 1.19 bits per heavy atom. The Balaban J connectivity index is 1.86. The van der Waals surface area contributed by atoms with Gasteiger partial charge in [-0.05, 0) is 68.4 Å². The molecule has 0 saturated carbocycles. The average Bonchev–Trinajstić information content (AvgIpc) is 3.29. The fraction of sp³-hybridized carbons (Fsp3) is 0.320. The summed E-state index contributed by atoms with van der Waals surface area (Å²) in [5.41, 5.74) is 5.58. The van der Waals surface area contributed by atoms with Gasteiger partial charge < -0.3 is 19.5 Å². The molecule has 1 aliphatic heterocycles. The Labute approximate surface area is 194 Å². The summed E-state index contributed by atoms with van der Waals surface area (Å²) in [6, 6.07) is 15.6. The van der Waals surface area contributed by atoms with E-state index in [1.807, 2.05) is 42.6 Å². The zero-order valence-corrected chi connectivity index (χ0v) is 19.6. The summed E-state index contributed by atoms with van der Waals surface area (Å²) in [5.74, 6) is -0.350. The third kappa shape index (κ3) is 3.77. The van der Waals surface area contributed by atoms with Gasteiger partial charge in [0.1, 0.15) is 0 Å². The second-order valence-electron chi connectivity index (χ2n) is 7.99. The number of thiocarbonyl (C=S) groups is 1. The lowest BCUT2D eigenvalue weighted by Gasteiger charge is -2.28. The second kappa shape index (κ2) is 9.12. The Morgan fingerprint density at radius 3 is 2.62 bits per heavy atom. The van der Waals surface area contributed by atoms with Crippen LogP contribution in [-0.4, -0.2) is 39.2 Å². The van der Waals surface area contributed by atoms with E-state index >= 15 is 0 Å². The Hall–Kier alpha value is -3.19. The normalized spacial score (nSPS) is 18.0. The van der Waals surface area contributed by atoms with Crippen LogP contribution >= 0.6 is 12.2 Å². The van der Waals surface area contributed by atoms with Crippen molar-refractivity contribution in [1.82, 2.24) is 19.8 Å². The van der Waals surface area contributed by atoms with Crippen LogP contribution in [0.3, 0.4) is 0 Å². The maximum atomic E-state index is 12.4. The lowest BCUT2D eigenvalue weighted by atomic mass is 9.96. The number of rotatable bonds is 6. The summed E-state index contributed by atoms with van der Waals surface area (Å²) in [6.07, 6.45) is 2.80. The maximum Gasteiger partial charge on any atom is 0.339 e. The van der Waals surface area contributed by atoms with Crippen LogP contribution in [0.25, 0.3) is 5.69 Å². The molecule has 4 rings (SSSR count). The SMILES string of the molecule is CCCN1C(=S)N[C@H](c2ccccn2)[C@H]1c1cc(C)n(-c2ccccc2C(=O)OC)c1C. The molecule has 1 fully saturated rings. The first kappa shape index (κ1) is 22.0. The number of hydrogen-bond acceptors (Lipinski definition) is 4. The molecule has 1 saturated heterocycles. The largest absolute Gasteiger partial charge is 0.465 e. The molecular weight excluding hydrogens is 420 g/mol. The van der Waals surface area contributed by atoms with Crippen molar-refractivity contribution in [2.24, 2.45) is 0 Å². The number of nitrogens with zero attached hydrogens (tertiary/aromatic N) is 3. The van der Waals surface area contributed by atoms with Crippen molar-refractivity contribution in [3.05, 3.63) is 82.9 Å². The predicted molar refractivity (Wildman–Crippen MR) is 129 cm³/mol. The van der Waals surface area contributed by atoms with Crippen molar-refractivity contribution in [3.8, 4) is 5.69 Å². The molecule has 2 aromatic heterocycles. The van der Waals surface area contributed by atoms with E-state index in [9.17, 15) is 4.79 Å². The van der Waals surface area contributed by atoms with E-state index in [-0.39, 0.29) is 18.1 Å². The third-order valence-corrected chi connectivity index (χ3v) is 6.35. The van der Waals surface area contributed by atoms with Gasteiger partial charge in [0.2, 0.25) is 0 Å². The van der Waals surface area contributed by atoms with Crippen LogP contribution < -0.4 is 5.32 Å². The van der Waals surface area contributed by atoms with E-state index in [2.05, 4.69) is 46.6 Å². The molecule has 166 valence electrons. The van der Waals surface area contributed by atoms with E-state index in [4.69, 9.17) is 17.0 Å². The van der Waals surface area contributed by atoms with Crippen molar-refractivity contribution >= 4 is 23.3 Å². The van der Waals surface area contributed by atoms with E-state index in [1.54, 1.807) is 6.07 Å². The predicted octanol–water partition coefficient (Wildman–Crippen LogP) is 4.66. The van der Waals surface area contributed by atoms with Gasteiger partial charge in [-0.15, -0.1) is 0 Å². The van der Waals surface area contributed by atoms with Gasteiger partial charge in [0.05, 0.1) is 36.1 Å². The Kier molecular flexibility index (Phi) is 6.28. The average molecular weight is 449 g/mol. The smallest absolute Gasteiger partial charge is 0.339 e. The van der Waals surface area contributed by atoms with Gasteiger partial charge in [0.15, 0.2) is 5.11 Å². The molecule has 0 bridgehead atoms. The van der Waals surface area contributed by atoms with Gasteiger partial charge >= 0.3 is 5.97 Å². The van der Waals surface area contributed by atoms with Gasteiger partial charge in [-0.3, -0.25) is 4.98 Å². The van der Waals surface area contributed by atoms with Crippen molar-refractivity contribution in [2.45, 2.75) is 39.3 Å². The van der Waals surface area contributed by atoms with E-state index in [0.717, 1.165) is 40.8 Å². The van der Waals surface area contributed by atoms with Crippen LogP contribution in [0.4, 0.5) is 0 Å². The van der Waals surface area contributed by atoms with Crippen LogP contribution in [0.1, 0.15) is 58.4 Å². The molecular formula is C25H28N4O2S. The highest BCUT2D eigenvalue weighted by molar-refractivity contribution is 7.80. The number of benzene rings is 1. The zero-order chi connectivity index (χ0) is 22.8. The van der Waals surface area contributed by atoms with Gasteiger partial charge in [-0.25, -0.2) is 4.79 Å². The highest BCUT2D eigenvalue weighted by Gasteiger charge is 2.41. The molecule has 0 spiro atoms. The molecule has 2 atom stereocenters. The molecule has 1 aromatic carbocycles. The van der Waals surface area contributed by atoms with Crippen LogP contribution in [-0.2, 0) is 4.74 Å². The molecule has 6 nitrogen and oxygen atoms in total. The van der Waals surface area contributed by atoms with Gasteiger partial charge in [-0.2, -0.15) is 0 Å². The molecule has 0 unspecified atom stereocenters. The summed E-state index contributed by atoms with van der Waals surface area (Å²) in [7, 11) is 1.41. The fourth-order valence-corrected chi connectivity index (χ4v) is 4.97. The highest BCUT2D eigenvalue weighted by atomic mass is 32.1. The highest BCUT2D eigenvalue weighted by Crippen LogP contribution is 2.41. The summed E-state index contributed by atoms with van der Waals surface area (Å²) < 4.78 is 7.15. The molecule has 1 N–H and O–H groups in total. The first-order chi connectivity index (χ1) is 15.5. The molecule has 7 heteroatoms. The molecule has 0 aliphatic carbocycles. The number of nitrogens with one attached hydrogen (secondary N) is 1. The van der Waals surface area contributed by atoms with Gasteiger partial charge in [-0.1, -0.05) is 25.1 Å². The number of ether oxygens (including phenoxy) is 1. The summed E-state index contributed by atoms with van der Waals surface area (Å²) >= 11 is 5.73. The molecule has 1 aliphatic rings. The van der Waals surface area contributed by atoms with E-state index < -0.39 is 0 Å². The first-order valence-corrected chi connectivity index (χ1v) is 11.2. The first-order valence-electron chi connectivity index (χ1n) is 10.8. The van der Waals surface area contributed by atoms with Crippen LogP contribution in [0.15, 0.2) is 54.7 Å². The van der Waals surface area contributed by atoms with Crippen molar-refractivity contribution < 1.29 is 9.53 Å². The fourth-order valence-electron chi connectivity index (χ4n) is 4.63. The lowest BCUT2D eigenvalue weighted by molar-refractivity contribution is 0.0600. The quantitative estimate of drug-likeness (QED) is 0.437. The van der Waals surface area contributed by atoms with Crippen LogP contribution in [0.2, 0.25) is 0 Å².